The van der Waals surface area contributed by atoms with Gasteiger partial charge >= 0.3 is 49.4 Å². The standard InChI is InChI=1S/C70H30F24N4/c71-63(72,73)41-9-13-45(53(27-41)67(83,84)85)35-5-17-57-49(21-35)50-22-36(46-14-10-42(64(74,75)76)28-54(46)68(86,87)88)6-18-58(50)97(57)61-25-33(1-3-39(61)31-95)34-2-4-40(32-96)62(26-34)98-59-19-7-37(47-15-11-43(65(77,78)79)29-55(47)69(89,90)91)23-51(59)52-24-38(8-20-60(52)98)48-16-12-44(66(80,81)82)30-56(48)70(92,93)94/h1-30H. The van der Waals surface area contributed by atoms with Crippen molar-refractivity contribution in [3.05, 3.63) is 238 Å². The quantitative estimate of drug-likeness (QED) is 0.149. The average Bonchev–Trinajstić information content (AvgIpc) is 1.57. The number of aromatic nitrogens is 2. The second kappa shape index (κ2) is 22.9. The van der Waals surface area contributed by atoms with Gasteiger partial charge in [0.2, 0.25) is 0 Å². The summed E-state index contributed by atoms with van der Waals surface area (Å²) in [5, 5.41) is 20.9. The van der Waals surface area contributed by atoms with E-state index in [2.05, 4.69) is 0 Å². The molecule has 0 spiro atoms. The number of benzene rings is 10. The van der Waals surface area contributed by atoms with Crippen molar-refractivity contribution in [2.24, 2.45) is 0 Å². The molecule has 2 aromatic heterocycles. The maximum Gasteiger partial charge on any atom is 0.417 e. The maximum atomic E-state index is 14.7. The van der Waals surface area contributed by atoms with Gasteiger partial charge in [0.05, 0.1) is 89.1 Å². The zero-order chi connectivity index (χ0) is 71.1. The van der Waals surface area contributed by atoms with Crippen molar-refractivity contribution in [1.29, 1.82) is 10.5 Å². The lowest BCUT2D eigenvalue weighted by atomic mass is 9.94. The second-order valence-corrected chi connectivity index (χ2v) is 22.3. The first-order valence-electron chi connectivity index (χ1n) is 28.0. The molecule has 0 radical (unpaired) electrons. The smallest absolute Gasteiger partial charge is 0.308 e. The van der Waals surface area contributed by atoms with Crippen LogP contribution in [0.3, 0.4) is 0 Å². The van der Waals surface area contributed by atoms with Gasteiger partial charge in [0, 0.05) is 21.5 Å². The van der Waals surface area contributed by atoms with Gasteiger partial charge < -0.3 is 9.13 Å². The van der Waals surface area contributed by atoms with Crippen LogP contribution in [0.4, 0.5) is 105 Å². The Hall–Kier alpha value is -10.9. The average molecular weight is 1380 g/mol. The minimum atomic E-state index is -5.43. The van der Waals surface area contributed by atoms with Gasteiger partial charge in [-0.15, -0.1) is 0 Å². The van der Waals surface area contributed by atoms with Crippen LogP contribution in [0.1, 0.15) is 55.6 Å². The van der Waals surface area contributed by atoms with Crippen molar-refractivity contribution in [1.82, 2.24) is 9.13 Å². The third-order valence-electron chi connectivity index (χ3n) is 16.4. The number of hydrogen-bond donors (Lipinski definition) is 0. The summed E-state index contributed by atoms with van der Waals surface area (Å²) in [6.45, 7) is 0. The van der Waals surface area contributed by atoms with Crippen molar-refractivity contribution < 1.29 is 105 Å². The van der Waals surface area contributed by atoms with E-state index in [4.69, 9.17) is 0 Å². The molecule has 12 rings (SSSR count). The third kappa shape index (κ3) is 12.1. The lowest BCUT2D eigenvalue weighted by molar-refractivity contribution is -0.144. The molecular weight excluding hydrogens is 1350 g/mol. The van der Waals surface area contributed by atoms with E-state index in [1.807, 2.05) is 12.1 Å². The number of alkyl halides is 24. The van der Waals surface area contributed by atoms with Crippen LogP contribution in [0.25, 0.3) is 111 Å². The molecule has 498 valence electrons. The lowest BCUT2D eigenvalue weighted by Gasteiger charge is -2.17. The van der Waals surface area contributed by atoms with E-state index >= 15 is 0 Å². The molecule has 98 heavy (non-hydrogen) atoms. The van der Waals surface area contributed by atoms with E-state index in [0.717, 1.165) is 48.5 Å². The molecule has 12 aromatic rings. The Bertz CT molecular complexity index is 4760. The fourth-order valence-corrected chi connectivity index (χ4v) is 12.0. The topological polar surface area (TPSA) is 57.4 Å². The van der Waals surface area contributed by atoms with E-state index in [0.29, 0.717) is 48.5 Å². The molecule has 0 unspecified atom stereocenters. The summed E-state index contributed by atoms with van der Waals surface area (Å²) in [5.74, 6) is 0. The van der Waals surface area contributed by atoms with Crippen LogP contribution in [-0.4, -0.2) is 9.13 Å². The highest BCUT2D eigenvalue weighted by Gasteiger charge is 2.43. The molecular formula is C70H30F24N4. The number of nitriles is 2. The summed E-state index contributed by atoms with van der Waals surface area (Å²) in [5.41, 5.74) is -19.1. The van der Waals surface area contributed by atoms with Gasteiger partial charge in [0.15, 0.2) is 0 Å². The van der Waals surface area contributed by atoms with Crippen LogP contribution in [0, 0.1) is 22.7 Å². The zero-order valence-corrected chi connectivity index (χ0v) is 48.2. The molecule has 28 heteroatoms. The Balaban J connectivity index is 1.09. The third-order valence-corrected chi connectivity index (χ3v) is 16.4. The Kier molecular flexibility index (Phi) is 15.7. The van der Waals surface area contributed by atoms with Gasteiger partial charge in [0.1, 0.15) is 12.1 Å². The molecule has 0 aliphatic heterocycles. The van der Waals surface area contributed by atoms with Crippen molar-refractivity contribution in [3.8, 4) is 79.1 Å². The van der Waals surface area contributed by atoms with E-state index in [1.54, 1.807) is 0 Å². The molecule has 0 bridgehead atoms. The summed E-state index contributed by atoms with van der Waals surface area (Å²) in [6, 6.07) is 28.3. The predicted octanol–water partition coefficient (Wildman–Crippen LogP) is 24.1. The zero-order valence-electron chi connectivity index (χ0n) is 48.2. The Labute approximate surface area is 533 Å². The number of halogens is 24. The normalized spacial score (nSPS) is 13.1. The van der Waals surface area contributed by atoms with Crippen molar-refractivity contribution in [2.45, 2.75) is 49.4 Å². The summed E-state index contributed by atoms with van der Waals surface area (Å²) >= 11 is 0. The molecule has 0 saturated carbocycles. The van der Waals surface area contributed by atoms with Gasteiger partial charge in [-0.05, 0) is 177 Å². The van der Waals surface area contributed by atoms with Gasteiger partial charge in [-0.3, -0.25) is 0 Å². The minimum absolute atomic E-state index is 0.0414. The highest BCUT2D eigenvalue weighted by atomic mass is 19.4. The highest BCUT2D eigenvalue weighted by molar-refractivity contribution is 6.13. The van der Waals surface area contributed by atoms with Gasteiger partial charge in [-0.2, -0.15) is 116 Å². The van der Waals surface area contributed by atoms with Crippen LogP contribution in [0.5, 0.6) is 0 Å². The molecule has 0 atom stereocenters. The fraction of sp³-hybridized carbons (Fsp3) is 0.114. The van der Waals surface area contributed by atoms with E-state index < -0.39 is 138 Å². The lowest BCUT2D eigenvalue weighted by Crippen LogP contribution is -2.12. The molecule has 0 N–H and O–H groups in total. The first kappa shape index (κ1) is 67.1. The molecule has 0 aliphatic carbocycles. The molecule has 4 nitrogen and oxygen atoms in total. The Morgan fingerprint density at radius 2 is 0.439 bits per heavy atom. The summed E-state index contributed by atoms with van der Waals surface area (Å²) in [4.78, 5) is 0. The molecule has 10 aromatic carbocycles. The Morgan fingerprint density at radius 1 is 0.224 bits per heavy atom. The number of fused-ring (bicyclic) bond motifs is 6. The first-order valence-corrected chi connectivity index (χ1v) is 28.0. The maximum absolute atomic E-state index is 14.7. The monoisotopic (exact) mass is 1380 g/mol. The molecule has 0 amide bonds. The van der Waals surface area contributed by atoms with Crippen molar-refractivity contribution in [2.75, 3.05) is 0 Å². The minimum Gasteiger partial charge on any atom is -0.308 e. The highest BCUT2D eigenvalue weighted by Crippen LogP contribution is 2.50. The SMILES string of the molecule is N#Cc1ccc(-c2ccc(C#N)c(-n3c4ccc(-c5ccc(C(F)(F)F)cc5C(F)(F)F)cc4c4cc(-c5ccc(C(F)(F)F)cc5C(F)(F)F)ccc43)c2)cc1-n1c2ccc(-c3ccc(C(F)(F)F)cc3C(F)(F)F)cc2c2cc(-c3ccc(C(F)(F)F)cc3C(F)(F)F)ccc21. The first-order chi connectivity index (χ1) is 45.5. The second-order valence-electron chi connectivity index (χ2n) is 22.3. The largest absolute Gasteiger partial charge is 0.417 e. The molecule has 0 saturated heterocycles. The van der Waals surface area contributed by atoms with Crippen molar-refractivity contribution in [3.63, 3.8) is 0 Å². The molecule has 0 fully saturated rings. The van der Waals surface area contributed by atoms with Crippen LogP contribution in [0.15, 0.2) is 182 Å². The number of hydrogen-bond acceptors (Lipinski definition) is 2. The van der Waals surface area contributed by atoms with E-state index in [9.17, 15) is 116 Å². The van der Waals surface area contributed by atoms with Gasteiger partial charge in [-0.1, -0.05) is 60.7 Å². The Morgan fingerprint density at radius 3 is 0.633 bits per heavy atom. The van der Waals surface area contributed by atoms with Crippen LogP contribution < -0.4 is 0 Å². The summed E-state index contributed by atoms with van der Waals surface area (Å²) in [7, 11) is 0. The summed E-state index contributed by atoms with van der Waals surface area (Å²) < 4.78 is 346. The van der Waals surface area contributed by atoms with E-state index in [-0.39, 0.29) is 102 Å². The molecule has 2 heterocycles. The predicted molar refractivity (Wildman–Crippen MR) is 312 cm³/mol. The molecule has 0 aliphatic rings. The summed E-state index contributed by atoms with van der Waals surface area (Å²) in [6.07, 6.45) is -42.8. The van der Waals surface area contributed by atoms with Crippen LogP contribution in [0.2, 0.25) is 0 Å². The van der Waals surface area contributed by atoms with E-state index in [1.165, 1.54) is 69.8 Å². The van der Waals surface area contributed by atoms with Crippen LogP contribution >= 0.6 is 0 Å². The van der Waals surface area contributed by atoms with Gasteiger partial charge in [0.25, 0.3) is 0 Å². The van der Waals surface area contributed by atoms with Gasteiger partial charge in [-0.25, -0.2) is 0 Å². The number of nitrogens with zero attached hydrogens (tertiary/aromatic N) is 4. The number of rotatable bonds is 7. The van der Waals surface area contributed by atoms with Crippen molar-refractivity contribution >= 4 is 43.6 Å². The fourth-order valence-electron chi connectivity index (χ4n) is 12.0. The van der Waals surface area contributed by atoms with Crippen LogP contribution in [-0.2, 0) is 49.4 Å².